The van der Waals surface area contributed by atoms with Crippen molar-refractivity contribution in [3.8, 4) is 0 Å². The molecule has 1 aromatic carbocycles. The van der Waals surface area contributed by atoms with E-state index in [0.29, 0.717) is 31.9 Å². The molecule has 0 radical (unpaired) electrons. The van der Waals surface area contributed by atoms with Crippen LogP contribution in [0.3, 0.4) is 0 Å². The topological polar surface area (TPSA) is 55.8 Å². The Morgan fingerprint density at radius 1 is 0.893 bits per heavy atom. The van der Waals surface area contributed by atoms with Crippen molar-refractivity contribution in [2.45, 2.75) is 0 Å². The third kappa shape index (κ3) is 4.06. The second kappa shape index (κ2) is 8.10. The first kappa shape index (κ1) is 18.6. The Morgan fingerprint density at radius 2 is 1.54 bits per heavy atom. The summed E-state index contributed by atoms with van der Waals surface area (Å²) in [4.78, 5) is 30.0. The summed E-state index contributed by atoms with van der Waals surface area (Å²) >= 11 is 0. The van der Waals surface area contributed by atoms with Gasteiger partial charge >= 0.3 is 0 Å². The second-order valence-corrected chi connectivity index (χ2v) is 7.31. The average molecular weight is 384 g/mol. The Balaban J connectivity index is 1.38. The normalized spacial score (nSPS) is 18.4. The highest BCUT2D eigenvalue weighted by Crippen LogP contribution is 2.19. The van der Waals surface area contributed by atoms with Crippen LogP contribution in [0, 0.1) is 5.82 Å². The SMILES string of the molecule is CN1CCN(c2cc(C(=O)N3CCN(c4ccc(F)cc4)CC3)ncn2)CC1. The van der Waals surface area contributed by atoms with E-state index >= 15 is 0 Å². The zero-order valence-corrected chi connectivity index (χ0v) is 16.1. The van der Waals surface area contributed by atoms with Gasteiger partial charge in [0.1, 0.15) is 23.7 Å². The molecule has 0 spiro atoms. The number of carbonyl (C=O) groups is 1. The number of likely N-dealkylation sites (N-methyl/N-ethyl adjacent to an activating group) is 1. The fourth-order valence-electron chi connectivity index (χ4n) is 3.65. The number of halogens is 1. The van der Waals surface area contributed by atoms with E-state index in [1.807, 2.05) is 4.90 Å². The van der Waals surface area contributed by atoms with Gasteiger partial charge in [0.05, 0.1) is 0 Å². The molecular formula is C20H25FN6O. The predicted molar refractivity (Wildman–Crippen MR) is 106 cm³/mol. The summed E-state index contributed by atoms with van der Waals surface area (Å²) in [6, 6.07) is 8.29. The van der Waals surface area contributed by atoms with E-state index in [4.69, 9.17) is 0 Å². The minimum absolute atomic E-state index is 0.0588. The van der Waals surface area contributed by atoms with Crippen LogP contribution >= 0.6 is 0 Å². The van der Waals surface area contributed by atoms with Crippen molar-refractivity contribution in [1.29, 1.82) is 0 Å². The van der Waals surface area contributed by atoms with Crippen LogP contribution in [0.1, 0.15) is 10.5 Å². The van der Waals surface area contributed by atoms with Crippen molar-refractivity contribution in [3.63, 3.8) is 0 Å². The lowest BCUT2D eigenvalue weighted by Gasteiger charge is -2.36. The van der Waals surface area contributed by atoms with Crippen molar-refractivity contribution >= 4 is 17.4 Å². The van der Waals surface area contributed by atoms with Crippen LogP contribution in [0.4, 0.5) is 15.9 Å². The molecule has 0 bridgehead atoms. The van der Waals surface area contributed by atoms with Gasteiger partial charge in [-0.15, -0.1) is 0 Å². The largest absolute Gasteiger partial charge is 0.368 e. The number of hydrogen-bond donors (Lipinski definition) is 0. The van der Waals surface area contributed by atoms with Crippen molar-refractivity contribution < 1.29 is 9.18 Å². The Hall–Kier alpha value is -2.74. The fourth-order valence-corrected chi connectivity index (χ4v) is 3.65. The van der Waals surface area contributed by atoms with Crippen LogP contribution in [-0.2, 0) is 0 Å². The van der Waals surface area contributed by atoms with E-state index in [-0.39, 0.29) is 11.7 Å². The number of amides is 1. The summed E-state index contributed by atoms with van der Waals surface area (Å²) in [7, 11) is 2.11. The summed E-state index contributed by atoms with van der Waals surface area (Å²) in [6.07, 6.45) is 1.48. The fraction of sp³-hybridized carbons (Fsp3) is 0.450. The number of benzene rings is 1. The molecular weight excluding hydrogens is 359 g/mol. The van der Waals surface area contributed by atoms with Crippen molar-refractivity contribution in [3.05, 3.63) is 48.2 Å². The average Bonchev–Trinajstić information content (AvgIpc) is 2.74. The smallest absolute Gasteiger partial charge is 0.272 e. The number of nitrogens with zero attached hydrogens (tertiary/aromatic N) is 6. The number of piperazine rings is 2. The first-order valence-corrected chi connectivity index (χ1v) is 9.65. The number of anilines is 2. The van der Waals surface area contributed by atoms with Gasteiger partial charge in [-0.25, -0.2) is 14.4 Å². The molecule has 28 heavy (non-hydrogen) atoms. The molecule has 7 nitrogen and oxygen atoms in total. The Kier molecular flexibility index (Phi) is 5.38. The lowest BCUT2D eigenvalue weighted by molar-refractivity contribution is 0.0740. The highest BCUT2D eigenvalue weighted by Gasteiger charge is 2.24. The van der Waals surface area contributed by atoms with Gasteiger partial charge in [0.25, 0.3) is 5.91 Å². The molecule has 148 valence electrons. The Bertz CT molecular complexity index is 814. The first-order valence-electron chi connectivity index (χ1n) is 9.65. The molecule has 0 unspecified atom stereocenters. The van der Waals surface area contributed by atoms with Gasteiger partial charge in [0, 0.05) is 64.1 Å². The molecule has 2 fully saturated rings. The van der Waals surface area contributed by atoms with Gasteiger partial charge in [0.2, 0.25) is 0 Å². The van der Waals surface area contributed by atoms with Gasteiger partial charge < -0.3 is 19.6 Å². The predicted octanol–water partition coefficient (Wildman–Crippen LogP) is 1.33. The first-order chi connectivity index (χ1) is 13.6. The molecule has 1 aromatic heterocycles. The van der Waals surface area contributed by atoms with E-state index in [0.717, 1.165) is 37.7 Å². The van der Waals surface area contributed by atoms with Crippen LogP contribution in [0.2, 0.25) is 0 Å². The Labute approximate surface area is 164 Å². The quantitative estimate of drug-likeness (QED) is 0.796. The van der Waals surface area contributed by atoms with Gasteiger partial charge in [0.15, 0.2) is 0 Å². The second-order valence-electron chi connectivity index (χ2n) is 7.31. The van der Waals surface area contributed by atoms with Crippen LogP contribution in [0.25, 0.3) is 0 Å². The molecule has 3 heterocycles. The van der Waals surface area contributed by atoms with E-state index in [1.54, 1.807) is 18.2 Å². The van der Waals surface area contributed by atoms with Gasteiger partial charge in [-0.2, -0.15) is 0 Å². The molecule has 4 rings (SSSR count). The summed E-state index contributed by atoms with van der Waals surface area (Å²) in [5.41, 5.74) is 1.42. The van der Waals surface area contributed by atoms with Crippen molar-refractivity contribution in [2.24, 2.45) is 0 Å². The molecule has 0 saturated carbocycles. The molecule has 2 aliphatic heterocycles. The van der Waals surface area contributed by atoms with Crippen LogP contribution in [-0.4, -0.2) is 85.1 Å². The van der Waals surface area contributed by atoms with E-state index < -0.39 is 0 Å². The zero-order valence-electron chi connectivity index (χ0n) is 16.1. The minimum atomic E-state index is -0.238. The summed E-state index contributed by atoms with van der Waals surface area (Å²) in [5.74, 6) is 0.519. The minimum Gasteiger partial charge on any atom is -0.368 e. The highest BCUT2D eigenvalue weighted by molar-refractivity contribution is 5.93. The maximum Gasteiger partial charge on any atom is 0.272 e. The molecule has 0 N–H and O–H groups in total. The number of aromatic nitrogens is 2. The number of carbonyl (C=O) groups excluding carboxylic acids is 1. The summed E-state index contributed by atoms with van der Waals surface area (Å²) < 4.78 is 13.1. The monoisotopic (exact) mass is 384 g/mol. The van der Waals surface area contributed by atoms with Gasteiger partial charge in [-0.1, -0.05) is 0 Å². The van der Waals surface area contributed by atoms with Crippen LogP contribution in [0.5, 0.6) is 0 Å². The highest BCUT2D eigenvalue weighted by atomic mass is 19.1. The third-order valence-electron chi connectivity index (χ3n) is 5.46. The maximum atomic E-state index is 13.1. The molecule has 2 aliphatic rings. The van der Waals surface area contributed by atoms with Gasteiger partial charge in [-0.3, -0.25) is 4.79 Å². The lowest BCUT2D eigenvalue weighted by atomic mass is 10.2. The Morgan fingerprint density at radius 3 is 2.21 bits per heavy atom. The molecule has 2 saturated heterocycles. The maximum absolute atomic E-state index is 13.1. The molecule has 2 aromatic rings. The molecule has 0 aliphatic carbocycles. The standard InChI is InChI=1S/C20H25FN6O/c1-24-6-8-26(9-7-24)19-14-18(22-15-23-19)20(28)27-12-10-25(11-13-27)17-4-2-16(21)3-5-17/h2-5,14-15H,6-13H2,1H3. The molecule has 0 atom stereocenters. The van der Waals surface area contributed by atoms with Crippen LogP contribution < -0.4 is 9.80 Å². The van der Waals surface area contributed by atoms with E-state index in [9.17, 15) is 9.18 Å². The molecule has 1 amide bonds. The summed E-state index contributed by atoms with van der Waals surface area (Å²) in [6.45, 7) is 6.43. The van der Waals surface area contributed by atoms with Crippen LogP contribution in [0.15, 0.2) is 36.7 Å². The summed E-state index contributed by atoms with van der Waals surface area (Å²) in [5, 5.41) is 0. The van der Waals surface area contributed by atoms with Gasteiger partial charge in [-0.05, 0) is 31.3 Å². The third-order valence-corrected chi connectivity index (χ3v) is 5.46. The molecule has 8 heteroatoms. The number of hydrogen-bond acceptors (Lipinski definition) is 6. The number of rotatable bonds is 3. The lowest BCUT2D eigenvalue weighted by Crippen LogP contribution is -2.49. The van der Waals surface area contributed by atoms with E-state index in [2.05, 4.69) is 31.7 Å². The zero-order chi connectivity index (χ0) is 19.5. The van der Waals surface area contributed by atoms with Crippen molar-refractivity contribution in [1.82, 2.24) is 19.8 Å². The van der Waals surface area contributed by atoms with E-state index in [1.165, 1.54) is 18.5 Å². The van der Waals surface area contributed by atoms with Crippen molar-refractivity contribution in [2.75, 3.05) is 69.2 Å².